The third-order valence-electron chi connectivity index (χ3n) is 5.20. The molecule has 0 spiro atoms. The number of aromatic nitrogens is 3. The number of nitrogens with zero attached hydrogens (tertiary/aromatic N) is 3. The number of anilines is 1. The van der Waals surface area contributed by atoms with Gasteiger partial charge in [0, 0.05) is 36.6 Å². The number of morpholine rings is 1. The van der Waals surface area contributed by atoms with Crippen LogP contribution in [0.2, 0.25) is 0 Å². The van der Waals surface area contributed by atoms with Gasteiger partial charge in [-0.1, -0.05) is 6.07 Å². The van der Waals surface area contributed by atoms with Crippen molar-refractivity contribution in [2.75, 3.05) is 38.2 Å². The van der Waals surface area contributed by atoms with Gasteiger partial charge in [-0.15, -0.1) is 11.3 Å². The molecule has 26 heavy (non-hydrogen) atoms. The zero-order chi connectivity index (χ0) is 17.3. The average molecular weight is 369 g/mol. The molecule has 5 rings (SSSR count). The van der Waals surface area contributed by atoms with Crippen molar-refractivity contribution in [3.63, 3.8) is 0 Å². The molecule has 4 heterocycles. The van der Waals surface area contributed by atoms with E-state index in [0.717, 1.165) is 55.5 Å². The molecule has 7 heteroatoms. The van der Waals surface area contributed by atoms with Gasteiger partial charge in [0.1, 0.15) is 17.3 Å². The van der Waals surface area contributed by atoms with Crippen LogP contribution in [0.5, 0.6) is 0 Å². The Morgan fingerprint density at radius 2 is 2.15 bits per heavy atom. The van der Waals surface area contributed by atoms with E-state index in [9.17, 15) is 0 Å². The van der Waals surface area contributed by atoms with E-state index in [0.29, 0.717) is 12.0 Å². The molecule has 2 fully saturated rings. The summed E-state index contributed by atoms with van der Waals surface area (Å²) in [5.41, 5.74) is 0.934. The molecule has 1 saturated carbocycles. The van der Waals surface area contributed by atoms with Crippen molar-refractivity contribution in [3.8, 4) is 0 Å². The summed E-state index contributed by atoms with van der Waals surface area (Å²) >= 11 is 1.82. The fraction of sp³-hybridized carbons (Fsp3) is 0.474. The molecule has 1 aliphatic carbocycles. The Balaban J connectivity index is 1.41. The number of H-pyrrole nitrogens is 1. The first kappa shape index (κ1) is 16.2. The third kappa shape index (κ3) is 3.22. The minimum atomic E-state index is 0.340. The maximum atomic E-state index is 5.54. The molecule has 0 amide bonds. The highest BCUT2D eigenvalue weighted by Crippen LogP contribution is 2.39. The molecule has 3 aromatic rings. The molecule has 0 radical (unpaired) electrons. The van der Waals surface area contributed by atoms with Crippen LogP contribution in [0.3, 0.4) is 0 Å². The molecule has 6 nitrogen and oxygen atoms in total. The monoisotopic (exact) mass is 369 g/mol. The lowest BCUT2D eigenvalue weighted by atomic mass is 10.2. The number of hydrogen-bond acceptors (Lipinski definition) is 6. The molecule has 0 aromatic carbocycles. The van der Waals surface area contributed by atoms with Crippen molar-refractivity contribution in [1.29, 1.82) is 0 Å². The van der Waals surface area contributed by atoms with E-state index in [1.807, 2.05) is 17.5 Å². The summed E-state index contributed by atoms with van der Waals surface area (Å²) in [6, 6.07) is 6.76. The second kappa shape index (κ2) is 6.98. The van der Waals surface area contributed by atoms with E-state index in [1.54, 1.807) is 0 Å². The van der Waals surface area contributed by atoms with Crippen LogP contribution in [0.4, 0.5) is 5.82 Å². The highest BCUT2D eigenvalue weighted by Gasteiger charge is 2.28. The second-order valence-electron chi connectivity index (χ2n) is 7.01. The van der Waals surface area contributed by atoms with Gasteiger partial charge in [-0.05, 0) is 30.4 Å². The predicted molar refractivity (Wildman–Crippen MR) is 104 cm³/mol. The first-order valence-electron chi connectivity index (χ1n) is 9.32. The van der Waals surface area contributed by atoms with Crippen molar-refractivity contribution >= 4 is 28.2 Å². The van der Waals surface area contributed by atoms with Crippen molar-refractivity contribution in [1.82, 2.24) is 19.9 Å². The molecular formula is C19H23N5OS. The van der Waals surface area contributed by atoms with Gasteiger partial charge in [0.2, 0.25) is 0 Å². The Bertz CT molecular complexity index is 867. The molecule has 1 atom stereocenters. The Morgan fingerprint density at radius 1 is 1.27 bits per heavy atom. The minimum absolute atomic E-state index is 0.340. The lowest BCUT2D eigenvalue weighted by Gasteiger charge is -2.34. The number of thiophene rings is 1. The number of hydrogen-bond donors (Lipinski definition) is 2. The third-order valence-corrected chi connectivity index (χ3v) is 6.17. The summed E-state index contributed by atoms with van der Waals surface area (Å²) in [6.07, 6.45) is 4.36. The molecule has 1 unspecified atom stereocenters. The van der Waals surface area contributed by atoms with Crippen LogP contribution < -0.4 is 5.32 Å². The smallest absolute Gasteiger partial charge is 0.143 e. The van der Waals surface area contributed by atoms with Crippen molar-refractivity contribution in [3.05, 3.63) is 40.5 Å². The van der Waals surface area contributed by atoms with Crippen molar-refractivity contribution in [2.45, 2.75) is 24.8 Å². The Morgan fingerprint density at radius 3 is 2.92 bits per heavy atom. The van der Waals surface area contributed by atoms with Gasteiger partial charge < -0.3 is 15.0 Å². The van der Waals surface area contributed by atoms with Gasteiger partial charge in [-0.3, -0.25) is 4.90 Å². The van der Waals surface area contributed by atoms with Crippen LogP contribution in [-0.4, -0.2) is 52.7 Å². The maximum Gasteiger partial charge on any atom is 0.143 e. The zero-order valence-electron chi connectivity index (χ0n) is 14.6. The summed E-state index contributed by atoms with van der Waals surface area (Å²) in [5, 5.41) is 6.86. The SMILES string of the molecule is c1csc(C(CNc2nc(C3CC3)nc3[nH]ccc23)N2CCOCC2)c1. The Hall–Kier alpha value is -1.96. The van der Waals surface area contributed by atoms with Crippen LogP contribution >= 0.6 is 11.3 Å². The molecule has 1 saturated heterocycles. The summed E-state index contributed by atoms with van der Waals surface area (Å²) in [5.74, 6) is 2.46. The fourth-order valence-corrected chi connectivity index (χ4v) is 4.45. The molecular weight excluding hydrogens is 346 g/mol. The first-order valence-corrected chi connectivity index (χ1v) is 10.2. The highest BCUT2D eigenvalue weighted by atomic mass is 32.1. The van der Waals surface area contributed by atoms with E-state index in [4.69, 9.17) is 14.7 Å². The number of nitrogens with one attached hydrogen (secondary N) is 2. The molecule has 2 aliphatic rings. The van der Waals surface area contributed by atoms with E-state index < -0.39 is 0 Å². The van der Waals surface area contributed by atoms with Crippen LogP contribution in [0.1, 0.15) is 35.5 Å². The summed E-state index contributed by atoms with van der Waals surface area (Å²) in [6.45, 7) is 4.40. The Labute approximate surface area is 156 Å². The minimum Gasteiger partial charge on any atom is -0.379 e. The molecule has 1 aliphatic heterocycles. The number of ether oxygens (including phenoxy) is 1. The fourth-order valence-electron chi connectivity index (χ4n) is 3.59. The Kier molecular flexibility index (Phi) is 4.36. The number of fused-ring (bicyclic) bond motifs is 1. The second-order valence-corrected chi connectivity index (χ2v) is 7.98. The average Bonchev–Trinajstić information content (AvgIpc) is 3.17. The van der Waals surface area contributed by atoms with Gasteiger partial charge in [0.25, 0.3) is 0 Å². The van der Waals surface area contributed by atoms with E-state index in [2.05, 4.69) is 38.8 Å². The lowest BCUT2D eigenvalue weighted by molar-refractivity contribution is 0.0194. The highest BCUT2D eigenvalue weighted by molar-refractivity contribution is 7.10. The number of rotatable bonds is 6. The van der Waals surface area contributed by atoms with Gasteiger partial charge in [0.15, 0.2) is 0 Å². The molecule has 3 aromatic heterocycles. The van der Waals surface area contributed by atoms with Crippen LogP contribution in [0, 0.1) is 0 Å². The van der Waals surface area contributed by atoms with E-state index in [1.165, 1.54) is 17.7 Å². The topological polar surface area (TPSA) is 66.1 Å². The summed E-state index contributed by atoms with van der Waals surface area (Å²) in [7, 11) is 0. The van der Waals surface area contributed by atoms with Gasteiger partial charge in [0.05, 0.1) is 24.6 Å². The van der Waals surface area contributed by atoms with E-state index in [-0.39, 0.29) is 0 Å². The quantitative estimate of drug-likeness (QED) is 0.697. The van der Waals surface area contributed by atoms with Gasteiger partial charge in [-0.25, -0.2) is 9.97 Å². The van der Waals surface area contributed by atoms with Crippen molar-refractivity contribution in [2.24, 2.45) is 0 Å². The van der Waals surface area contributed by atoms with E-state index >= 15 is 0 Å². The van der Waals surface area contributed by atoms with Crippen molar-refractivity contribution < 1.29 is 4.74 Å². The largest absolute Gasteiger partial charge is 0.379 e. The standard InChI is InChI=1S/C19H23N5OS/c1-2-16(26-11-1)15(24-7-9-25-10-8-24)12-21-19-14-5-6-20-18(14)22-17(23-19)13-3-4-13/h1-2,5-6,11,13,15H,3-4,7-10,12H2,(H2,20,21,22,23). The zero-order valence-corrected chi connectivity index (χ0v) is 15.5. The van der Waals surface area contributed by atoms with Gasteiger partial charge in [-0.2, -0.15) is 0 Å². The van der Waals surface area contributed by atoms with Crippen LogP contribution in [0.25, 0.3) is 11.0 Å². The maximum absolute atomic E-state index is 5.54. The number of aromatic amines is 1. The van der Waals surface area contributed by atoms with Crippen LogP contribution in [0.15, 0.2) is 29.8 Å². The van der Waals surface area contributed by atoms with Crippen LogP contribution in [-0.2, 0) is 4.74 Å². The van der Waals surface area contributed by atoms with Gasteiger partial charge >= 0.3 is 0 Å². The normalized spacial score (nSPS) is 19.7. The summed E-state index contributed by atoms with van der Waals surface area (Å²) in [4.78, 5) is 16.7. The predicted octanol–water partition coefficient (Wildman–Crippen LogP) is 3.38. The first-order chi connectivity index (χ1) is 12.9. The summed E-state index contributed by atoms with van der Waals surface area (Å²) < 4.78 is 5.54. The lowest BCUT2D eigenvalue weighted by Crippen LogP contribution is -2.41. The molecule has 136 valence electrons. The molecule has 0 bridgehead atoms. The molecule has 2 N–H and O–H groups in total.